The number of carbonyl (C=O) groups excluding carboxylic acids is 1. The fraction of sp³-hybridized carbons (Fsp3) is 0.0833. The predicted molar refractivity (Wildman–Crippen MR) is 70.6 cm³/mol. The smallest absolute Gasteiger partial charge is 0.258 e. The maximum absolute atomic E-state index is 12.0. The van der Waals surface area contributed by atoms with Crippen molar-refractivity contribution in [1.82, 2.24) is 9.97 Å². The van der Waals surface area contributed by atoms with Gasteiger partial charge in [0.25, 0.3) is 5.91 Å². The maximum Gasteiger partial charge on any atom is 0.258 e. The molecule has 0 spiro atoms. The molecule has 0 aliphatic carbocycles. The fourth-order valence-corrected chi connectivity index (χ4v) is 1.61. The van der Waals surface area contributed by atoms with Crippen LogP contribution in [0.4, 0.5) is 11.6 Å². The lowest BCUT2D eigenvalue weighted by Crippen LogP contribution is -2.15. The van der Waals surface area contributed by atoms with Gasteiger partial charge in [-0.25, -0.2) is 9.97 Å². The molecule has 2 heterocycles. The number of carbonyl (C=O) groups is 1. The van der Waals surface area contributed by atoms with Crippen LogP contribution in [0.3, 0.4) is 0 Å². The molecule has 0 fully saturated rings. The zero-order valence-corrected chi connectivity index (χ0v) is 10.4. The molecule has 6 heteroatoms. The van der Waals surface area contributed by atoms with Gasteiger partial charge in [0.05, 0.1) is 10.6 Å². The van der Waals surface area contributed by atoms with Crippen molar-refractivity contribution >= 4 is 29.1 Å². The number of hydrogen-bond donors (Lipinski definition) is 2. The van der Waals surface area contributed by atoms with Crippen LogP contribution < -0.4 is 11.1 Å². The Labute approximate surface area is 109 Å². The van der Waals surface area contributed by atoms with E-state index in [1.165, 1.54) is 12.3 Å². The zero-order chi connectivity index (χ0) is 13.1. The Morgan fingerprint density at radius 2 is 2.22 bits per heavy atom. The zero-order valence-electron chi connectivity index (χ0n) is 9.64. The van der Waals surface area contributed by atoms with Gasteiger partial charge in [0.2, 0.25) is 0 Å². The summed E-state index contributed by atoms with van der Waals surface area (Å²) in [4.78, 5) is 19.9. The molecule has 0 saturated heterocycles. The Balaban J connectivity index is 2.28. The van der Waals surface area contributed by atoms with E-state index in [1.54, 1.807) is 12.3 Å². The lowest BCUT2D eigenvalue weighted by molar-refractivity contribution is 0.102. The standard InChI is InChI=1S/C12H11ClN4O/c1-7-3-2-4-15-11(7)17-12(18)8-5-10(14)16-6-9(8)13/h2-6H,1H3,(H2,14,16)(H,15,17,18). The van der Waals surface area contributed by atoms with Crippen LogP contribution in [-0.4, -0.2) is 15.9 Å². The number of halogens is 1. The first kappa shape index (κ1) is 12.3. The largest absolute Gasteiger partial charge is 0.384 e. The average molecular weight is 263 g/mol. The van der Waals surface area contributed by atoms with Gasteiger partial charge in [0.1, 0.15) is 11.6 Å². The third-order valence-corrected chi connectivity index (χ3v) is 2.66. The van der Waals surface area contributed by atoms with E-state index >= 15 is 0 Å². The molecule has 2 aromatic rings. The molecule has 2 rings (SSSR count). The molecule has 0 aliphatic rings. The lowest BCUT2D eigenvalue weighted by Gasteiger charge is -2.08. The van der Waals surface area contributed by atoms with E-state index in [4.69, 9.17) is 17.3 Å². The van der Waals surface area contributed by atoms with Gasteiger partial charge in [-0.15, -0.1) is 0 Å². The summed E-state index contributed by atoms with van der Waals surface area (Å²) in [6.07, 6.45) is 2.95. The van der Waals surface area contributed by atoms with Crippen LogP contribution in [0.25, 0.3) is 0 Å². The topological polar surface area (TPSA) is 80.9 Å². The van der Waals surface area contributed by atoms with E-state index in [-0.39, 0.29) is 22.3 Å². The number of nitrogens with two attached hydrogens (primary N) is 1. The third-order valence-electron chi connectivity index (χ3n) is 2.36. The molecular weight excluding hydrogens is 252 g/mol. The first-order valence-corrected chi connectivity index (χ1v) is 5.59. The number of hydrogen-bond acceptors (Lipinski definition) is 4. The first-order valence-electron chi connectivity index (χ1n) is 5.22. The van der Waals surface area contributed by atoms with Gasteiger partial charge in [0, 0.05) is 12.4 Å². The molecule has 0 aliphatic heterocycles. The van der Waals surface area contributed by atoms with Gasteiger partial charge in [0.15, 0.2) is 0 Å². The number of nitrogen functional groups attached to an aromatic ring is 1. The molecule has 0 unspecified atom stereocenters. The minimum absolute atomic E-state index is 0.238. The number of aryl methyl sites for hydroxylation is 1. The molecule has 0 saturated carbocycles. The van der Waals surface area contributed by atoms with E-state index in [0.29, 0.717) is 5.82 Å². The highest BCUT2D eigenvalue weighted by molar-refractivity contribution is 6.34. The Bertz CT molecular complexity index is 600. The summed E-state index contributed by atoms with van der Waals surface area (Å²) in [6.45, 7) is 1.85. The summed E-state index contributed by atoms with van der Waals surface area (Å²) in [5.74, 6) is 0.368. The number of anilines is 2. The summed E-state index contributed by atoms with van der Waals surface area (Å²) in [7, 11) is 0. The van der Waals surface area contributed by atoms with E-state index < -0.39 is 0 Å². The van der Waals surface area contributed by atoms with Crippen molar-refractivity contribution in [3.63, 3.8) is 0 Å². The van der Waals surface area contributed by atoms with Crippen molar-refractivity contribution in [2.24, 2.45) is 0 Å². The number of rotatable bonds is 2. The Hall–Kier alpha value is -2.14. The number of aromatic nitrogens is 2. The summed E-state index contributed by atoms with van der Waals surface area (Å²) >= 11 is 5.90. The Morgan fingerprint density at radius 3 is 2.94 bits per heavy atom. The van der Waals surface area contributed by atoms with E-state index in [0.717, 1.165) is 5.56 Å². The number of pyridine rings is 2. The molecular formula is C12H11ClN4O. The van der Waals surface area contributed by atoms with Gasteiger partial charge in [-0.1, -0.05) is 17.7 Å². The summed E-state index contributed by atoms with van der Waals surface area (Å²) in [5, 5.41) is 2.92. The van der Waals surface area contributed by atoms with Gasteiger partial charge < -0.3 is 11.1 Å². The van der Waals surface area contributed by atoms with Crippen LogP contribution >= 0.6 is 11.6 Å². The maximum atomic E-state index is 12.0. The highest BCUT2D eigenvalue weighted by atomic mass is 35.5. The molecule has 0 atom stereocenters. The van der Waals surface area contributed by atoms with Crippen LogP contribution in [0.5, 0.6) is 0 Å². The molecule has 3 N–H and O–H groups in total. The number of nitrogens with zero attached hydrogens (tertiary/aromatic N) is 2. The Kier molecular flexibility index (Phi) is 3.43. The first-order chi connectivity index (χ1) is 8.58. The van der Waals surface area contributed by atoms with Crippen molar-refractivity contribution in [3.8, 4) is 0 Å². The van der Waals surface area contributed by atoms with Crippen molar-refractivity contribution < 1.29 is 4.79 Å². The van der Waals surface area contributed by atoms with E-state index in [2.05, 4.69) is 15.3 Å². The van der Waals surface area contributed by atoms with Crippen LogP contribution in [0.15, 0.2) is 30.6 Å². The highest BCUT2D eigenvalue weighted by Crippen LogP contribution is 2.18. The quantitative estimate of drug-likeness (QED) is 0.870. The predicted octanol–water partition coefficient (Wildman–Crippen LogP) is 2.27. The van der Waals surface area contributed by atoms with Gasteiger partial charge in [-0.3, -0.25) is 4.79 Å². The second-order valence-corrected chi connectivity index (χ2v) is 4.12. The van der Waals surface area contributed by atoms with Crippen molar-refractivity contribution in [3.05, 3.63) is 46.7 Å². The van der Waals surface area contributed by atoms with E-state index in [1.807, 2.05) is 13.0 Å². The molecule has 2 aromatic heterocycles. The molecule has 0 aromatic carbocycles. The van der Waals surface area contributed by atoms with Crippen LogP contribution in [-0.2, 0) is 0 Å². The summed E-state index contributed by atoms with van der Waals surface area (Å²) in [6, 6.07) is 5.07. The molecule has 0 bridgehead atoms. The monoisotopic (exact) mass is 262 g/mol. The minimum Gasteiger partial charge on any atom is -0.384 e. The summed E-state index contributed by atoms with van der Waals surface area (Å²) in [5.41, 5.74) is 6.66. The van der Waals surface area contributed by atoms with Crippen LogP contribution in [0.1, 0.15) is 15.9 Å². The number of amides is 1. The fourth-order valence-electron chi connectivity index (χ4n) is 1.42. The van der Waals surface area contributed by atoms with Crippen molar-refractivity contribution in [2.75, 3.05) is 11.1 Å². The van der Waals surface area contributed by atoms with Gasteiger partial charge in [-0.2, -0.15) is 0 Å². The lowest BCUT2D eigenvalue weighted by atomic mass is 10.2. The SMILES string of the molecule is Cc1cccnc1NC(=O)c1cc(N)ncc1Cl. The van der Waals surface area contributed by atoms with Crippen molar-refractivity contribution in [2.45, 2.75) is 6.92 Å². The summed E-state index contributed by atoms with van der Waals surface area (Å²) < 4.78 is 0. The second-order valence-electron chi connectivity index (χ2n) is 3.71. The average Bonchev–Trinajstić information content (AvgIpc) is 2.35. The second kappa shape index (κ2) is 5.01. The molecule has 0 radical (unpaired) electrons. The minimum atomic E-state index is -0.365. The van der Waals surface area contributed by atoms with Crippen LogP contribution in [0, 0.1) is 6.92 Å². The highest BCUT2D eigenvalue weighted by Gasteiger charge is 2.13. The molecule has 92 valence electrons. The van der Waals surface area contributed by atoms with Gasteiger partial charge >= 0.3 is 0 Å². The van der Waals surface area contributed by atoms with Gasteiger partial charge in [-0.05, 0) is 24.6 Å². The molecule has 5 nitrogen and oxygen atoms in total. The van der Waals surface area contributed by atoms with Crippen LogP contribution in [0.2, 0.25) is 5.02 Å². The number of nitrogens with one attached hydrogen (secondary N) is 1. The molecule has 18 heavy (non-hydrogen) atoms. The molecule has 1 amide bonds. The van der Waals surface area contributed by atoms with Crippen molar-refractivity contribution in [1.29, 1.82) is 0 Å². The Morgan fingerprint density at radius 1 is 1.44 bits per heavy atom. The third kappa shape index (κ3) is 2.57. The normalized spacial score (nSPS) is 10.1. The van der Waals surface area contributed by atoms with E-state index in [9.17, 15) is 4.79 Å².